The number of benzene rings is 4. The van der Waals surface area contributed by atoms with Crippen LogP contribution in [-0.2, 0) is 21.7 Å². The zero-order chi connectivity index (χ0) is 48.5. The van der Waals surface area contributed by atoms with E-state index in [-0.39, 0.29) is 21.7 Å². The van der Waals surface area contributed by atoms with E-state index in [2.05, 4.69) is 190 Å². The molecule has 0 aliphatic carbocycles. The predicted molar refractivity (Wildman–Crippen MR) is 285 cm³/mol. The van der Waals surface area contributed by atoms with Crippen molar-refractivity contribution in [2.45, 2.75) is 105 Å². The van der Waals surface area contributed by atoms with Crippen LogP contribution in [-0.4, -0.2) is 19.9 Å². The van der Waals surface area contributed by atoms with Crippen molar-refractivity contribution in [3.8, 4) is 56.6 Å². The van der Waals surface area contributed by atoms with Gasteiger partial charge in [0.05, 0.1) is 46.0 Å². The van der Waals surface area contributed by atoms with Crippen molar-refractivity contribution in [2.24, 2.45) is 0 Å². The second-order valence-electron chi connectivity index (χ2n) is 22.5. The number of aromatic nitrogens is 4. The van der Waals surface area contributed by atoms with Gasteiger partial charge in [0.25, 0.3) is 0 Å². The van der Waals surface area contributed by atoms with Crippen LogP contribution in [0.1, 0.15) is 139 Å². The summed E-state index contributed by atoms with van der Waals surface area (Å²) in [5.41, 5.74) is 20.5. The van der Waals surface area contributed by atoms with Crippen molar-refractivity contribution < 1.29 is 0 Å². The van der Waals surface area contributed by atoms with Gasteiger partial charge >= 0.3 is 0 Å². The molecule has 2 N–H and O–H groups in total. The minimum atomic E-state index is -0.113. The summed E-state index contributed by atoms with van der Waals surface area (Å²) in [7, 11) is 0. The summed E-state index contributed by atoms with van der Waals surface area (Å²) in [5, 5.41) is 19.7. The lowest BCUT2D eigenvalue weighted by molar-refractivity contribution is 0.568. The average molecular weight is 889 g/mol. The molecule has 6 nitrogen and oxygen atoms in total. The van der Waals surface area contributed by atoms with Crippen molar-refractivity contribution in [3.63, 3.8) is 0 Å². The number of nitrogens with zero attached hydrogens (tertiary/aromatic N) is 4. The Bertz CT molecular complexity index is 3170. The minimum Gasteiger partial charge on any atom is -0.354 e. The Morgan fingerprint density at radius 2 is 0.588 bits per heavy atom. The molecule has 338 valence electrons. The summed E-state index contributed by atoms with van der Waals surface area (Å²) in [5.74, 6) is 0. The molecule has 68 heavy (non-hydrogen) atoms. The topological polar surface area (TPSA) is 105 Å². The Morgan fingerprint density at radius 3 is 0.824 bits per heavy atom. The van der Waals surface area contributed by atoms with Crippen LogP contribution in [0, 0.1) is 22.7 Å². The van der Waals surface area contributed by atoms with Gasteiger partial charge in [-0.2, -0.15) is 10.5 Å². The highest BCUT2D eigenvalue weighted by molar-refractivity contribution is 6.00. The second-order valence-corrected chi connectivity index (χ2v) is 22.5. The van der Waals surface area contributed by atoms with E-state index in [9.17, 15) is 10.5 Å². The number of H-pyrrole nitrogens is 2. The van der Waals surface area contributed by atoms with Crippen LogP contribution in [0.25, 0.3) is 90.9 Å². The summed E-state index contributed by atoms with van der Waals surface area (Å²) in [6.07, 6.45) is 8.51. The second kappa shape index (κ2) is 16.7. The Morgan fingerprint density at radius 1 is 0.338 bits per heavy atom. The third kappa shape index (κ3) is 8.76. The summed E-state index contributed by atoms with van der Waals surface area (Å²) in [6.45, 7) is 27.2. The monoisotopic (exact) mass is 888 g/mol. The first-order valence-corrected chi connectivity index (χ1v) is 23.6. The molecule has 0 saturated carbocycles. The molecule has 0 amide bonds. The van der Waals surface area contributed by atoms with Gasteiger partial charge < -0.3 is 9.97 Å². The van der Waals surface area contributed by atoms with Crippen LogP contribution in [0.4, 0.5) is 0 Å². The summed E-state index contributed by atoms with van der Waals surface area (Å²) in [4.78, 5) is 19.0. The van der Waals surface area contributed by atoms with E-state index in [1.165, 1.54) is 22.3 Å². The zero-order valence-electron chi connectivity index (χ0n) is 41.5. The maximum absolute atomic E-state index is 9.83. The molecule has 8 bridgehead atoms. The lowest BCUT2D eigenvalue weighted by atomic mass is 9.78. The van der Waals surface area contributed by atoms with Gasteiger partial charge in [0.1, 0.15) is 0 Å². The Kier molecular flexibility index (Phi) is 11.2. The van der Waals surface area contributed by atoms with Crippen LogP contribution in [0.15, 0.2) is 109 Å². The zero-order valence-corrected chi connectivity index (χ0v) is 41.5. The van der Waals surface area contributed by atoms with E-state index in [4.69, 9.17) is 9.97 Å². The molecule has 0 unspecified atom stereocenters. The van der Waals surface area contributed by atoms with Gasteiger partial charge in [-0.1, -0.05) is 144 Å². The van der Waals surface area contributed by atoms with Gasteiger partial charge in [-0.3, -0.25) is 0 Å². The summed E-state index contributed by atoms with van der Waals surface area (Å²) in [6, 6.07) is 42.8. The first-order valence-electron chi connectivity index (χ1n) is 23.6. The van der Waals surface area contributed by atoms with Crippen LogP contribution >= 0.6 is 0 Å². The van der Waals surface area contributed by atoms with E-state index >= 15 is 0 Å². The lowest BCUT2D eigenvalue weighted by Crippen LogP contribution is -2.16. The van der Waals surface area contributed by atoms with Gasteiger partial charge in [-0.05, 0) is 139 Å². The van der Waals surface area contributed by atoms with Crippen molar-refractivity contribution in [2.75, 3.05) is 0 Å². The molecule has 2 aliphatic rings. The smallest absolute Gasteiger partial charge is 0.0991 e. The molecule has 0 saturated heterocycles. The van der Waals surface area contributed by atoms with E-state index in [1.54, 1.807) is 0 Å². The minimum absolute atomic E-state index is 0.113. The first kappa shape index (κ1) is 45.6. The van der Waals surface area contributed by atoms with Crippen LogP contribution in [0.5, 0.6) is 0 Å². The van der Waals surface area contributed by atoms with Gasteiger partial charge in [-0.25, -0.2) is 9.97 Å². The third-order valence-electron chi connectivity index (χ3n) is 13.3. The molecule has 4 aromatic carbocycles. The van der Waals surface area contributed by atoms with E-state index in [0.717, 1.165) is 89.4 Å². The standard InChI is InChI=1S/C62H60N6/c1-59(2,3)43-29-41(30-44(33-43)60(4,5)6)57-51-25-21-47(65-51)55(39-17-13-37(35-63)14-18-39)49-23-27-53(67-49)58(42-31-45(61(7,8)9)34-46(32-42)62(10,11)12)54-28-24-50(68-54)56(48-22-26-52(57)66-48)40-19-15-38(36-64)16-20-40/h13-34,65,68H,1-12H3. The maximum atomic E-state index is 9.83. The van der Waals surface area contributed by atoms with Gasteiger partial charge in [-0.15, -0.1) is 0 Å². The predicted octanol–water partition coefficient (Wildman–Crippen LogP) is 16.3. The molecule has 5 heterocycles. The fourth-order valence-electron chi connectivity index (χ4n) is 9.12. The van der Waals surface area contributed by atoms with Crippen molar-refractivity contribution >= 4 is 46.4 Å². The van der Waals surface area contributed by atoms with E-state index in [0.29, 0.717) is 11.1 Å². The van der Waals surface area contributed by atoms with Crippen molar-refractivity contribution in [1.82, 2.24) is 19.9 Å². The van der Waals surface area contributed by atoms with E-state index in [1.807, 2.05) is 48.5 Å². The Balaban J connectivity index is 1.49. The number of rotatable bonds is 4. The molecule has 6 heteroatoms. The normalized spacial score (nSPS) is 12.9. The van der Waals surface area contributed by atoms with Gasteiger partial charge in [0.2, 0.25) is 0 Å². The number of hydrogen-bond donors (Lipinski definition) is 2. The molecule has 3 aromatic heterocycles. The molecule has 0 radical (unpaired) electrons. The van der Waals surface area contributed by atoms with E-state index < -0.39 is 0 Å². The fourth-order valence-corrected chi connectivity index (χ4v) is 9.12. The van der Waals surface area contributed by atoms with Crippen molar-refractivity contribution in [1.29, 1.82) is 10.5 Å². The number of nitrogens with one attached hydrogen (secondary N) is 2. The van der Waals surface area contributed by atoms with Gasteiger partial charge in [0, 0.05) is 44.3 Å². The SMILES string of the molecule is CC(C)(C)c1cc(-c2c3nc(c(-c4ccc(C#N)cc4)c4ccc([nH]4)c(-c4cc(C(C)(C)C)cc(C(C)(C)C)c4)c4nc(c(-c5ccc(C#N)cc5)c5ccc2[nH]5)C=C4)C=C3)cc(C(C)(C)C)c1. The van der Waals surface area contributed by atoms with Crippen LogP contribution in [0.3, 0.4) is 0 Å². The van der Waals surface area contributed by atoms with Crippen LogP contribution < -0.4 is 0 Å². The Hall–Kier alpha value is -7.54. The van der Waals surface area contributed by atoms with Crippen LogP contribution in [0.2, 0.25) is 0 Å². The molecule has 9 rings (SSSR count). The maximum Gasteiger partial charge on any atom is 0.0991 e. The number of fused-ring (bicyclic) bond motifs is 8. The summed E-state index contributed by atoms with van der Waals surface area (Å²) < 4.78 is 0. The highest BCUT2D eigenvalue weighted by Crippen LogP contribution is 2.42. The molecule has 0 fully saturated rings. The Labute approximate surface area is 401 Å². The largest absolute Gasteiger partial charge is 0.354 e. The molecule has 0 atom stereocenters. The quantitative estimate of drug-likeness (QED) is 0.184. The molecule has 0 spiro atoms. The number of hydrogen-bond acceptors (Lipinski definition) is 4. The highest BCUT2D eigenvalue weighted by atomic mass is 14.8. The molecule has 2 aliphatic heterocycles. The molecular formula is C62H60N6. The number of aromatic amines is 2. The third-order valence-corrected chi connectivity index (χ3v) is 13.3. The molecular weight excluding hydrogens is 829 g/mol. The molecule has 7 aromatic rings. The summed E-state index contributed by atoms with van der Waals surface area (Å²) >= 11 is 0. The first-order chi connectivity index (χ1) is 32.1. The van der Waals surface area contributed by atoms with Gasteiger partial charge in [0.15, 0.2) is 0 Å². The fraction of sp³-hybridized carbons (Fsp3) is 0.258. The average Bonchev–Trinajstić information content (AvgIpc) is 4.14. The highest BCUT2D eigenvalue weighted by Gasteiger charge is 2.26. The van der Waals surface area contributed by atoms with Crippen molar-refractivity contribution in [3.05, 3.63) is 165 Å². The lowest BCUT2D eigenvalue weighted by Gasteiger charge is -2.26. The number of nitriles is 2.